The van der Waals surface area contributed by atoms with Crippen molar-refractivity contribution in [2.45, 2.75) is 0 Å². The molecule has 0 bridgehead atoms. The van der Waals surface area contributed by atoms with Crippen molar-refractivity contribution < 1.29 is 19.1 Å². The minimum atomic E-state index is -0.665. The van der Waals surface area contributed by atoms with E-state index < -0.39 is 11.9 Å². The molecule has 0 aromatic heterocycles. The smallest absolute Gasteiger partial charge is 0.355 e. The Morgan fingerprint density at radius 2 is 0.950 bits per heavy atom. The molecule has 0 radical (unpaired) electrons. The highest BCUT2D eigenvalue weighted by Crippen LogP contribution is 2.37. The second-order valence-electron chi connectivity index (χ2n) is 9.12. The van der Waals surface area contributed by atoms with Crippen LogP contribution in [0.4, 0.5) is 0 Å². The van der Waals surface area contributed by atoms with Crippen LogP contribution in [-0.4, -0.2) is 11.9 Å². The first kappa shape index (κ1) is 24.4. The largest absolute Gasteiger partial charge is 0.422 e. The summed E-state index contributed by atoms with van der Waals surface area (Å²) in [5.74, 6) is -0.681. The van der Waals surface area contributed by atoms with E-state index in [0.29, 0.717) is 22.7 Å². The number of carbonyl (C=O) groups is 2. The number of hydrogen-bond acceptors (Lipinski definition) is 6. The topological polar surface area (TPSA) is 100 Å². The van der Waals surface area contributed by atoms with Crippen LogP contribution in [0.5, 0.6) is 0 Å². The van der Waals surface area contributed by atoms with Gasteiger partial charge in [-0.1, -0.05) is 84.9 Å². The van der Waals surface area contributed by atoms with E-state index in [4.69, 9.17) is 9.47 Å². The molecule has 2 heterocycles. The van der Waals surface area contributed by atoms with Crippen molar-refractivity contribution in [3.05, 3.63) is 142 Å². The van der Waals surface area contributed by atoms with Gasteiger partial charge < -0.3 is 9.47 Å². The minimum Gasteiger partial charge on any atom is -0.422 e. The first-order valence-electron chi connectivity index (χ1n) is 12.4. The highest BCUT2D eigenvalue weighted by molar-refractivity contribution is 6.12. The van der Waals surface area contributed by atoms with Crippen LogP contribution in [0, 0.1) is 22.7 Å². The quantitative estimate of drug-likeness (QED) is 0.283. The minimum absolute atomic E-state index is 0.0213. The molecule has 4 aromatic carbocycles. The van der Waals surface area contributed by atoms with Gasteiger partial charge in [-0.2, -0.15) is 10.5 Å². The van der Waals surface area contributed by atoms with Crippen molar-refractivity contribution >= 4 is 46.0 Å². The summed E-state index contributed by atoms with van der Waals surface area (Å²) in [4.78, 5) is 24.7. The lowest BCUT2D eigenvalue weighted by Gasteiger charge is -2.07. The number of allylic oxidation sites excluding steroid dienone is 2. The predicted octanol–water partition coefficient (Wildman–Crippen LogP) is 6.59. The third kappa shape index (κ3) is 4.36. The number of rotatable bonds is 4. The molecule has 0 aliphatic carbocycles. The standard InChI is InChI=1S/C34H18N2O4/c35-19-27-31(23-7-3-1-4-8-23)29(39-33(27)37)17-21-11-13-26-16-22(12-14-25(26)15-21)18-30-32(24-9-5-2-6-10-24)28(20-36)34(38)40-30/h1-18H. The first-order chi connectivity index (χ1) is 19.6. The van der Waals surface area contributed by atoms with E-state index in [1.54, 1.807) is 12.2 Å². The highest BCUT2D eigenvalue weighted by atomic mass is 16.5. The fourth-order valence-electron chi connectivity index (χ4n) is 4.81. The lowest BCUT2D eigenvalue weighted by atomic mass is 9.97. The van der Waals surface area contributed by atoms with Gasteiger partial charge in [0, 0.05) is 11.1 Å². The number of hydrogen-bond donors (Lipinski definition) is 0. The lowest BCUT2D eigenvalue weighted by molar-refractivity contribution is -0.133. The van der Waals surface area contributed by atoms with Gasteiger partial charge in [-0.15, -0.1) is 0 Å². The van der Waals surface area contributed by atoms with Crippen LogP contribution < -0.4 is 0 Å². The number of fused-ring (bicyclic) bond motifs is 1. The van der Waals surface area contributed by atoms with Crippen LogP contribution in [0.1, 0.15) is 22.3 Å². The SMILES string of the molecule is N#CC1=C(c2ccccc2)C(=Cc2ccc3cc(C=C4OC(=O)C(C#N)=C4c4ccccc4)ccc3c2)OC1=O. The molecule has 0 spiro atoms. The van der Waals surface area contributed by atoms with E-state index >= 15 is 0 Å². The summed E-state index contributed by atoms with van der Waals surface area (Å²) in [6, 6.07) is 33.9. The van der Waals surface area contributed by atoms with E-state index in [-0.39, 0.29) is 11.1 Å². The molecule has 2 aliphatic heterocycles. The predicted molar refractivity (Wildman–Crippen MR) is 150 cm³/mol. The summed E-state index contributed by atoms with van der Waals surface area (Å²) in [5, 5.41) is 21.0. The summed E-state index contributed by atoms with van der Waals surface area (Å²) >= 11 is 0. The number of carbonyl (C=O) groups excluding carboxylic acids is 2. The zero-order valence-electron chi connectivity index (χ0n) is 20.9. The maximum absolute atomic E-state index is 12.4. The van der Waals surface area contributed by atoms with Crippen molar-refractivity contribution in [2.75, 3.05) is 0 Å². The summed E-state index contributed by atoms with van der Waals surface area (Å²) in [5.41, 5.74) is 3.95. The molecular formula is C34H18N2O4. The molecule has 0 amide bonds. The van der Waals surface area contributed by atoms with Crippen LogP contribution in [0.2, 0.25) is 0 Å². The Balaban J connectivity index is 1.36. The average Bonchev–Trinajstić information content (AvgIpc) is 3.47. The van der Waals surface area contributed by atoms with E-state index in [0.717, 1.165) is 33.0 Å². The third-order valence-electron chi connectivity index (χ3n) is 6.64. The number of benzene rings is 4. The van der Waals surface area contributed by atoms with Crippen molar-refractivity contribution in [1.82, 2.24) is 0 Å². The van der Waals surface area contributed by atoms with Crippen LogP contribution in [-0.2, 0) is 19.1 Å². The number of esters is 2. The second kappa shape index (κ2) is 10.1. The molecule has 6 rings (SSSR count). The van der Waals surface area contributed by atoms with Crippen LogP contribution in [0.25, 0.3) is 34.1 Å². The van der Waals surface area contributed by atoms with Gasteiger partial charge in [-0.05, 0) is 57.3 Å². The Labute approximate surface area is 229 Å². The Hall–Kier alpha value is -5.98. The molecule has 0 unspecified atom stereocenters. The second-order valence-corrected chi connectivity index (χ2v) is 9.12. The maximum Gasteiger partial charge on any atom is 0.355 e. The van der Waals surface area contributed by atoms with Gasteiger partial charge in [0.1, 0.15) is 34.8 Å². The van der Waals surface area contributed by atoms with E-state index in [1.165, 1.54) is 0 Å². The first-order valence-corrected chi connectivity index (χ1v) is 12.4. The Kier molecular flexibility index (Phi) is 6.13. The van der Waals surface area contributed by atoms with Crippen molar-refractivity contribution in [2.24, 2.45) is 0 Å². The fourth-order valence-corrected chi connectivity index (χ4v) is 4.81. The van der Waals surface area contributed by atoms with Gasteiger partial charge in [0.25, 0.3) is 0 Å². The number of cyclic esters (lactones) is 2. The van der Waals surface area contributed by atoms with E-state index in [2.05, 4.69) is 0 Å². The Bertz CT molecular complexity index is 1790. The van der Waals surface area contributed by atoms with Gasteiger partial charge in [0.15, 0.2) is 0 Å². The van der Waals surface area contributed by atoms with E-state index in [9.17, 15) is 20.1 Å². The summed E-state index contributed by atoms with van der Waals surface area (Å²) < 4.78 is 10.9. The summed E-state index contributed by atoms with van der Waals surface area (Å²) in [6.07, 6.45) is 3.50. The number of nitrogens with zero attached hydrogens (tertiary/aromatic N) is 2. The average molecular weight is 519 g/mol. The van der Waals surface area contributed by atoms with Gasteiger partial charge in [0.05, 0.1) is 0 Å². The van der Waals surface area contributed by atoms with Crippen molar-refractivity contribution in [1.29, 1.82) is 10.5 Å². The normalized spacial score (nSPS) is 16.9. The molecule has 0 saturated carbocycles. The number of nitriles is 2. The summed E-state index contributed by atoms with van der Waals surface area (Å²) in [6.45, 7) is 0. The highest BCUT2D eigenvalue weighted by Gasteiger charge is 2.32. The molecule has 0 saturated heterocycles. The van der Waals surface area contributed by atoms with Gasteiger partial charge >= 0.3 is 11.9 Å². The monoisotopic (exact) mass is 518 g/mol. The van der Waals surface area contributed by atoms with Gasteiger partial charge in [0.2, 0.25) is 0 Å². The summed E-state index contributed by atoms with van der Waals surface area (Å²) in [7, 11) is 0. The molecule has 40 heavy (non-hydrogen) atoms. The molecule has 188 valence electrons. The Morgan fingerprint density at radius 1 is 0.550 bits per heavy atom. The third-order valence-corrected chi connectivity index (χ3v) is 6.64. The van der Waals surface area contributed by atoms with Crippen LogP contribution in [0.3, 0.4) is 0 Å². The zero-order chi connectivity index (χ0) is 27.6. The number of ether oxygens (including phenoxy) is 2. The molecule has 6 heteroatoms. The van der Waals surface area contributed by atoms with Crippen LogP contribution in [0.15, 0.2) is 120 Å². The molecule has 0 fully saturated rings. The Morgan fingerprint density at radius 3 is 1.32 bits per heavy atom. The molecule has 0 atom stereocenters. The van der Waals surface area contributed by atoms with Gasteiger partial charge in [-0.3, -0.25) is 0 Å². The maximum atomic E-state index is 12.4. The molecular weight excluding hydrogens is 500 g/mol. The van der Waals surface area contributed by atoms with Crippen LogP contribution >= 0.6 is 0 Å². The molecule has 2 aliphatic rings. The van der Waals surface area contributed by atoms with Gasteiger partial charge in [-0.25, -0.2) is 9.59 Å². The molecule has 6 nitrogen and oxygen atoms in total. The van der Waals surface area contributed by atoms with Crippen molar-refractivity contribution in [3.8, 4) is 12.1 Å². The van der Waals surface area contributed by atoms with Crippen molar-refractivity contribution in [3.63, 3.8) is 0 Å². The lowest BCUT2D eigenvalue weighted by Crippen LogP contribution is -1.96. The van der Waals surface area contributed by atoms with E-state index in [1.807, 2.05) is 109 Å². The molecule has 4 aromatic rings. The fraction of sp³-hybridized carbons (Fsp3) is 0. The molecule has 0 N–H and O–H groups in total. The zero-order valence-corrected chi connectivity index (χ0v) is 20.9.